The summed E-state index contributed by atoms with van der Waals surface area (Å²) < 4.78 is 0. The standard InChI is InChI=1S/C12H25NO/c1-10(11(2)14)13(3)9-12-7-5-4-6-8-12/h10-12,14H,4-9H2,1-3H3. The van der Waals surface area contributed by atoms with Crippen molar-refractivity contribution in [2.75, 3.05) is 13.6 Å². The van der Waals surface area contributed by atoms with Crippen molar-refractivity contribution in [2.24, 2.45) is 5.92 Å². The van der Waals surface area contributed by atoms with Crippen molar-refractivity contribution in [2.45, 2.75) is 58.1 Å². The molecule has 1 fully saturated rings. The van der Waals surface area contributed by atoms with Gasteiger partial charge in [-0.15, -0.1) is 0 Å². The van der Waals surface area contributed by atoms with Crippen molar-refractivity contribution in [3.05, 3.63) is 0 Å². The minimum absolute atomic E-state index is 0.219. The zero-order chi connectivity index (χ0) is 10.6. The summed E-state index contributed by atoms with van der Waals surface area (Å²) in [6.45, 7) is 5.14. The van der Waals surface area contributed by atoms with Crippen molar-refractivity contribution in [3.8, 4) is 0 Å². The van der Waals surface area contributed by atoms with E-state index in [1.165, 1.54) is 32.1 Å². The molecule has 0 amide bonds. The minimum atomic E-state index is -0.219. The highest BCUT2D eigenvalue weighted by atomic mass is 16.3. The lowest BCUT2D eigenvalue weighted by Gasteiger charge is -2.32. The van der Waals surface area contributed by atoms with Gasteiger partial charge in [-0.25, -0.2) is 0 Å². The summed E-state index contributed by atoms with van der Waals surface area (Å²) in [5, 5.41) is 9.48. The van der Waals surface area contributed by atoms with Crippen molar-refractivity contribution in [1.82, 2.24) is 4.90 Å². The van der Waals surface area contributed by atoms with E-state index in [-0.39, 0.29) is 12.1 Å². The maximum Gasteiger partial charge on any atom is 0.0664 e. The molecule has 14 heavy (non-hydrogen) atoms. The van der Waals surface area contributed by atoms with Crippen LogP contribution in [0.2, 0.25) is 0 Å². The molecule has 0 aromatic rings. The lowest BCUT2D eigenvalue weighted by Crippen LogP contribution is -2.40. The summed E-state index contributed by atoms with van der Waals surface area (Å²) in [4.78, 5) is 2.31. The zero-order valence-electron chi connectivity index (χ0n) is 9.87. The number of hydrogen-bond acceptors (Lipinski definition) is 2. The largest absolute Gasteiger partial charge is 0.392 e. The minimum Gasteiger partial charge on any atom is -0.392 e. The first-order valence-electron chi connectivity index (χ1n) is 5.99. The third-order valence-electron chi connectivity index (χ3n) is 3.66. The van der Waals surface area contributed by atoms with Gasteiger partial charge in [0.2, 0.25) is 0 Å². The summed E-state index contributed by atoms with van der Waals surface area (Å²) in [5.41, 5.74) is 0. The summed E-state index contributed by atoms with van der Waals surface area (Å²) in [6.07, 6.45) is 6.78. The first-order valence-corrected chi connectivity index (χ1v) is 5.99. The average molecular weight is 199 g/mol. The van der Waals surface area contributed by atoms with Crippen LogP contribution in [0.4, 0.5) is 0 Å². The fourth-order valence-electron chi connectivity index (χ4n) is 2.31. The van der Waals surface area contributed by atoms with Gasteiger partial charge in [-0.05, 0) is 39.7 Å². The molecule has 2 heteroatoms. The van der Waals surface area contributed by atoms with Gasteiger partial charge in [0.15, 0.2) is 0 Å². The fraction of sp³-hybridized carbons (Fsp3) is 1.00. The molecule has 1 saturated carbocycles. The molecular weight excluding hydrogens is 174 g/mol. The van der Waals surface area contributed by atoms with E-state index in [1.807, 2.05) is 6.92 Å². The second-order valence-corrected chi connectivity index (χ2v) is 4.92. The Balaban J connectivity index is 2.27. The lowest BCUT2D eigenvalue weighted by atomic mass is 9.88. The molecule has 0 aromatic heterocycles. The van der Waals surface area contributed by atoms with Crippen molar-refractivity contribution in [1.29, 1.82) is 0 Å². The molecule has 0 heterocycles. The van der Waals surface area contributed by atoms with Gasteiger partial charge >= 0.3 is 0 Å². The van der Waals surface area contributed by atoms with Crippen LogP contribution in [0.25, 0.3) is 0 Å². The van der Waals surface area contributed by atoms with E-state index in [0.717, 1.165) is 12.5 Å². The van der Waals surface area contributed by atoms with Crippen molar-refractivity contribution >= 4 is 0 Å². The van der Waals surface area contributed by atoms with Gasteiger partial charge in [-0.2, -0.15) is 0 Å². The van der Waals surface area contributed by atoms with E-state index < -0.39 is 0 Å². The maximum absolute atomic E-state index is 9.48. The second-order valence-electron chi connectivity index (χ2n) is 4.92. The molecule has 1 aliphatic carbocycles. The summed E-state index contributed by atoms with van der Waals surface area (Å²) in [6, 6.07) is 0.289. The summed E-state index contributed by atoms with van der Waals surface area (Å²) in [7, 11) is 2.13. The molecule has 0 saturated heterocycles. The van der Waals surface area contributed by atoms with E-state index in [4.69, 9.17) is 0 Å². The van der Waals surface area contributed by atoms with Gasteiger partial charge in [-0.1, -0.05) is 19.3 Å². The van der Waals surface area contributed by atoms with Crippen LogP contribution >= 0.6 is 0 Å². The summed E-state index contributed by atoms with van der Waals surface area (Å²) in [5.74, 6) is 0.870. The Morgan fingerprint density at radius 2 is 1.79 bits per heavy atom. The molecule has 0 aliphatic heterocycles. The highest BCUT2D eigenvalue weighted by Crippen LogP contribution is 2.24. The predicted molar refractivity (Wildman–Crippen MR) is 60.3 cm³/mol. The lowest BCUT2D eigenvalue weighted by molar-refractivity contribution is 0.0730. The van der Waals surface area contributed by atoms with Crippen LogP contribution in [0.15, 0.2) is 0 Å². The molecule has 2 nitrogen and oxygen atoms in total. The molecular formula is C12H25NO. The van der Waals surface area contributed by atoms with E-state index in [0.29, 0.717) is 0 Å². The number of nitrogens with zero attached hydrogens (tertiary/aromatic N) is 1. The number of hydrogen-bond donors (Lipinski definition) is 1. The van der Waals surface area contributed by atoms with E-state index in [1.54, 1.807) is 0 Å². The SMILES string of the molecule is CC(O)C(C)N(C)CC1CCCCC1. The van der Waals surface area contributed by atoms with Crippen molar-refractivity contribution in [3.63, 3.8) is 0 Å². The Hall–Kier alpha value is -0.0800. The van der Waals surface area contributed by atoms with Gasteiger partial charge in [0.05, 0.1) is 6.10 Å². The third kappa shape index (κ3) is 3.58. The third-order valence-corrected chi connectivity index (χ3v) is 3.66. The highest BCUT2D eigenvalue weighted by Gasteiger charge is 2.20. The zero-order valence-corrected chi connectivity index (χ0v) is 9.87. The van der Waals surface area contributed by atoms with Crippen LogP contribution in [-0.2, 0) is 0 Å². The molecule has 2 unspecified atom stereocenters. The Kier molecular flexibility index (Phi) is 4.90. The number of aliphatic hydroxyl groups is 1. The van der Waals surface area contributed by atoms with Crippen LogP contribution in [0.5, 0.6) is 0 Å². The Morgan fingerprint density at radius 3 is 2.29 bits per heavy atom. The normalized spacial score (nSPS) is 23.8. The molecule has 1 aliphatic rings. The van der Waals surface area contributed by atoms with Gasteiger partial charge < -0.3 is 10.0 Å². The van der Waals surface area contributed by atoms with Crippen LogP contribution in [-0.4, -0.2) is 35.7 Å². The predicted octanol–water partition coefficient (Wildman–Crippen LogP) is 2.27. The van der Waals surface area contributed by atoms with E-state index in [9.17, 15) is 5.11 Å². The molecule has 2 atom stereocenters. The Labute approximate surface area is 88.3 Å². The quantitative estimate of drug-likeness (QED) is 0.751. The first-order chi connectivity index (χ1) is 6.61. The number of likely N-dealkylation sites (N-methyl/N-ethyl adjacent to an activating group) is 1. The molecule has 84 valence electrons. The molecule has 0 radical (unpaired) electrons. The Bertz CT molecular complexity index is 152. The average Bonchev–Trinajstić information content (AvgIpc) is 2.18. The molecule has 1 rings (SSSR count). The molecule has 0 aromatic carbocycles. The summed E-state index contributed by atoms with van der Waals surface area (Å²) >= 11 is 0. The molecule has 0 bridgehead atoms. The van der Waals surface area contributed by atoms with E-state index >= 15 is 0 Å². The van der Waals surface area contributed by atoms with Crippen LogP contribution in [0.3, 0.4) is 0 Å². The smallest absolute Gasteiger partial charge is 0.0664 e. The molecule has 0 spiro atoms. The van der Waals surface area contributed by atoms with Crippen molar-refractivity contribution < 1.29 is 5.11 Å². The molecule has 1 N–H and O–H groups in total. The van der Waals surface area contributed by atoms with Gasteiger partial charge in [0.25, 0.3) is 0 Å². The van der Waals surface area contributed by atoms with Crippen LogP contribution in [0, 0.1) is 5.92 Å². The number of aliphatic hydroxyl groups excluding tert-OH is 1. The topological polar surface area (TPSA) is 23.5 Å². The van der Waals surface area contributed by atoms with Crippen LogP contribution < -0.4 is 0 Å². The maximum atomic E-state index is 9.48. The number of rotatable bonds is 4. The highest BCUT2D eigenvalue weighted by molar-refractivity contribution is 4.74. The van der Waals surface area contributed by atoms with E-state index in [2.05, 4.69) is 18.9 Å². The van der Waals surface area contributed by atoms with Gasteiger partial charge in [0.1, 0.15) is 0 Å². The Morgan fingerprint density at radius 1 is 1.21 bits per heavy atom. The van der Waals surface area contributed by atoms with Crippen LogP contribution in [0.1, 0.15) is 46.0 Å². The fourth-order valence-corrected chi connectivity index (χ4v) is 2.31. The first kappa shape index (κ1) is 12.0. The second kappa shape index (κ2) is 5.72. The monoisotopic (exact) mass is 199 g/mol. The van der Waals surface area contributed by atoms with Gasteiger partial charge in [0, 0.05) is 12.6 Å². The van der Waals surface area contributed by atoms with Gasteiger partial charge in [-0.3, -0.25) is 0 Å².